The Hall–Kier alpha value is -1.26. The molecule has 1 unspecified atom stereocenters. The molecule has 1 atom stereocenters. The molecule has 0 aliphatic carbocycles. The summed E-state index contributed by atoms with van der Waals surface area (Å²) in [6, 6.07) is 9.15. The number of aromatic nitrogens is 1. The highest BCUT2D eigenvalue weighted by Gasteiger charge is 2.16. The molecular formula is C16H18BrFN2. The molecule has 0 saturated carbocycles. The third-order valence-corrected chi connectivity index (χ3v) is 3.67. The lowest BCUT2D eigenvalue weighted by Gasteiger charge is -2.19. The van der Waals surface area contributed by atoms with Crippen LogP contribution >= 0.6 is 15.9 Å². The zero-order chi connectivity index (χ0) is 14.5. The minimum atomic E-state index is -0.197. The monoisotopic (exact) mass is 336 g/mol. The van der Waals surface area contributed by atoms with Crippen LogP contribution in [0.5, 0.6) is 0 Å². The Balaban J connectivity index is 2.24. The second-order valence-corrected chi connectivity index (χ2v) is 5.72. The molecule has 2 aromatic rings. The summed E-state index contributed by atoms with van der Waals surface area (Å²) in [5.74, 6) is -0.197. The fraction of sp³-hybridized carbons (Fsp3) is 0.312. The summed E-state index contributed by atoms with van der Waals surface area (Å²) in [5.41, 5.74) is 2.77. The van der Waals surface area contributed by atoms with Gasteiger partial charge in [0.1, 0.15) is 5.82 Å². The molecule has 0 bridgehead atoms. The fourth-order valence-corrected chi connectivity index (χ4v) is 2.48. The van der Waals surface area contributed by atoms with Gasteiger partial charge in [0.15, 0.2) is 0 Å². The first kappa shape index (κ1) is 15.1. The number of halogens is 2. The number of rotatable bonds is 5. The Morgan fingerprint density at radius 2 is 2.10 bits per heavy atom. The Bertz CT molecular complexity index is 569. The highest BCUT2D eigenvalue weighted by Crippen LogP contribution is 2.23. The van der Waals surface area contributed by atoms with E-state index in [-0.39, 0.29) is 11.9 Å². The van der Waals surface area contributed by atoms with Crippen molar-refractivity contribution in [1.82, 2.24) is 10.3 Å². The molecule has 1 heterocycles. The highest BCUT2D eigenvalue weighted by atomic mass is 79.9. The molecule has 20 heavy (non-hydrogen) atoms. The van der Waals surface area contributed by atoms with Crippen LogP contribution in [0.15, 0.2) is 41.0 Å². The normalized spacial score (nSPS) is 12.4. The van der Waals surface area contributed by atoms with Crippen molar-refractivity contribution in [3.8, 4) is 0 Å². The summed E-state index contributed by atoms with van der Waals surface area (Å²) in [5, 5.41) is 3.33. The van der Waals surface area contributed by atoms with Crippen LogP contribution in [0.25, 0.3) is 0 Å². The number of nitrogens with zero attached hydrogens (tertiary/aromatic N) is 1. The number of benzene rings is 1. The van der Waals surface area contributed by atoms with E-state index in [0.717, 1.165) is 22.3 Å². The van der Waals surface area contributed by atoms with Crippen LogP contribution in [0.2, 0.25) is 0 Å². The second kappa shape index (κ2) is 6.95. The molecule has 2 nitrogen and oxygen atoms in total. The predicted octanol–water partition coefficient (Wildman–Crippen LogP) is 4.18. The SMILES string of the molecule is CCNC(Cc1ccc(C)cn1)c1ccc(Br)cc1F. The van der Waals surface area contributed by atoms with Crippen molar-refractivity contribution in [2.24, 2.45) is 0 Å². The van der Waals surface area contributed by atoms with Crippen molar-refractivity contribution in [3.63, 3.8) is 0 Å². The minimum Gasteiger partial charge on any atom is -0.310 e. The summed E-state index contributed by atoms with van der Waals surface area (Å²) in [7, 11) is 0. The lowest BCUT2D eigenvalue weighted by Crippen LogP contribution is -2.24. The van der Waals surface area contributed by atoms with Crippen molar-refractivity contribution in [2.45, 2.75) is 26.3 Å². The first-order chi connectivity index (χ1) is 9.60. The highest BCUT2D eigenvalue weighted by molar-refractivity contribution is 9.10. The summed E-state index contributed by atoms with van der Waals surface area (Å²) >= 11 is 3.29. The van der Waals surface area contributed by atoms with Gasteiger partial charge in [-0.2, -0.15) is 0 Å². The second-order valence-electron chi connectivity index (χ2n) is 4.81. The Morgan fingerprint density at radius 1 is 1.30 bits per heavy atom. The molecule has 0 saturated heterocycles. The van der Waals surface area contributed by atoms with Crippen molar-refractivity contribution in [3.05, 3.63) is 63.6 Å². The van der Waals surface area contributed by atoms with E-state index in [1.165, 1.54) is 6.07 Å². The van der Waals surface area contributed by atoms with E-state index in [0.29, 0.717) is 12.0 Å². The van der Waals surface area contributed by atoms with E-state index in [1.807, 2.05) is 44.3 Å². The van der Waals surface area contributed by atoms with E-state index < -0.39 is 0 Å². The van der Waals surface area contributed by atoms with E-state index >= 15 is 0 Å². The van der Waals surface area contributed by atoms with Crippen LogP contribution in [0.1, 0.15) is 29.8 Å². The average Bonchev–Trinajstić information content (AvgIpc) is 2.41. The van der Waals surface area contributed by atoms with Crippen molar-refractivity contribution in [1.29, 1.82) is 0 Å². The number of aryl methyl sites for hydroxylation is 1. The Morgan fingerprint density at radius 3 is 2.70 bits per heavy atom. The molecule has 1 aromatic heterocycles. The average molecular weight is 337 g/mol. The summed E-state index contributed by atoms with van der Waals surface area (Å²) in [6.45, 7) is 4.81. The first-order valence-electron chi connectivity index (χ1n) is 6.70. The lowest BCUT2D eigenvalue weighted by atomic mass is 10.0. The van der Waals surface area contributed by atoms with Crippen LogP contribution in [0.3, 0.4) is 0 Å². The van der Waals surface area contributed by atoms with Crippen molar-refractivity contribution in [2.75, 3.05) is 6.54 Å². The molecule has 0 aliphatic heterocycles. The topological polar surface area (TPSA) is 24.9 Å². The molecule has 1 aromatic carbocycles. The predicted molar refractivity (Wildman–Crippen MR) is 83.2 cm³/mol. The van der Waals surface area contributed by atoms with Crippen LogP contribution < -0.4 is 5.32 Å². The molecule has 2 rings (SSSR count). The van der Waals surface area contributed by atoms with Gasteiger partial charge in [0.25, 0.3) is 0 Å². The van der Waals surface area contributed by atoms with Crippen LogP contribution in [-0.2, 0) is 6.42 Å². The zero-order valence-corrected chi connectivity index (χ0v) is 13.2. The maximum absolute atomic E-state index is 14.1. The molecule has 1 N–H and O–H groups in total. The van der Waals surface area contributed by atoms with Crippen LogP contribution in [0, 0.1) is 12.7 Å². The number of pyridine rings is 1. The fourth-order valence-electron chi connectivity index (χ4n) is 2.15. The van der Waals surface area contributed by atoms with E-state index in [9.17, 15) is 4.39 Å². The first-order valence-corrected chi connectivity index (χ1v) is 7.49. The van der Waals surface area contributed by atoms with Gasteiger partial charge < -0.3 is 5.32 Å². The molecule has 4 heteroatoms. The maximum Gasteiger partial charge on any atom is 0.129 e. The summed E-state index contributed by atoms with van der Waals surface area (Å²) in [6.07, 6.45) is 2.52. The van der Waals surface area contributed by atoms with Gasteiger partial charge in [-0.05, 0) is 37.2 Å². The molecule has 106 valence electrons. The van der Waals surface area contributed by atoms with Gasteiger partial charge in [0.2, 0.25) is 0 Å². The number of hydrogen-bond acceptors (Lipinski definition) is 2. The van der Waals surface area contributed by atoms with Gasteiger partial charge in [-0.1, -0.05) is 35.0 Å². The Labute approximate surface area is 127 Å². The van der Waals surface area contributed by atoms with Gasteiger partial charge in [-0.3, -0.25) is 4.98 Å². The van der Waals surface area contributed by atoms with E-state index in [2.05, 4.69) is 26.2 Å². The minimum absolute atomic E-state index is 0.0664. The molecule has 0 amide bonds. The van der Waals surface area contributed by atoms with Crippen molar-refractivity contribution >= 4 is 15.9 Å². The van der Waals surface area contributed by atoms with Gasteiger partial charge in [-0.25, -0.2) is 4.39 Å². The molecule has 0 aliphatic rings. The summed E-state index contributed by atoms with van der Waals surface area (Å²) in [4.78, 5) is 4.40. The molecular weight excluding hydrogens is 319 g/mol. The van der Waals surface area contributed by atoms with Crippen molar-refractivity contribution < 1.29 is 4.39 Å². The Kier molecular flexibility index (Phi) is 5.26. The third kappa shape index (κ3) is 3.87. The number of nitrogens with one attached hydrogen (secondary N) is 1. The third-order valence-electron chi connectivity index (χ3n) is 3.17. The number of hydrogen-bond donors (Lipinski definition) is 1. The van der Waals surface area contributed by atoms with Crippen LogP contribution in [-0.4, -0.2) is 11.5 Å². The smallest absolute Gasteiger partial charge is 0.129 e. The standard InChI is InChI=1S/C16H18BrFN2/c1-3-19-16(9-13-6-4-11(2)10-20-13)14-7-5-12(17)8-15(14)18/h4-8,10,16,19H,3,9H2,1-2H3. The molecule has 0 spiro atoms. The van der Waals surface area contributed by atoms with E-state index in [4.69, 9.17) is 0 Å². The van der Waals surface area contributed by atoms with Gasteiger partial charge in [-0.15, -0.1) is 0 Å². The quantitative estimate of drug-likeness (QED) is 0.885. The van der Waals surface area contributed by atoms with E-state index in [1.54, 1.807) is 0 Å². The van der Waals surface area contributed by atoms with Crippen LogP contribution in [0.4, 0.5) is 4.39 Å². The maximum atomic E-state index is 14.1. The zero-order valence-electron chi connectivity index (χ0n) is 11.7. The lowest BCUT2D eigenvalue weighted by molar-refractivity contribution is 0.506. The van der Waals surface area contributed by atoms with Gasteiger partial charge >= 0.3 is 0 Å². The largest absolute Gasteiger partial charge is 0.310 e. The van der Waals surface area contributed by atoms with Gasteiger partial charge in [0.05, 0.1) is 0 Å². The molecule has 0 radical (unpaired) electrons. The number of likely N-dealkylation sites (N-methyl/N-ethyl adjacent to an activating group) is 1. The molecule has 0 fully saturated rings. The summed E-state index contributed by atoms with van der Waals surface area (Å²) < 4.78 is 14.9. The van der Waals surface area contributed by atoms with Gasteiger partial charge in [0, 0.05) is 34.4 Å².